The molecular weight excluding hydrogens is 390 g/mol. The number of carbonyl (C=O) groups is 2. The van der Waals surface area contributed by atoms with Gasteiger partial charge >= 0.3 is 0 Å². The Bertz CT molecular complexity index is 860. The maximum absolute atomic E-state index is 13.6. The third-order valence-corrected chi connectivity index (χ3v) is 7.98. The Labute approximate surface area is 185 Å². The molecule has 2 amide bonds. The quantitative estimate of drug-likeness (QED) is 0.775. The van der Waals surface area contributed by atoms with Crippen LogP contribution in [0, 0.1) is 18.3 Å². The summed E-state index contributed by atoms with van der Waals surface area (Å²) in [6, 6.07) is 6.48. The summed E-state index contributed by atoms with van der Waals surface area (Å²) in [5.74, 6) is 0.672. The highest BCUT2D eigenvalue weighted by Crippen LogP contribution is 2.44. The van der Waals surface area contributed by atoms with Crippen LogP contribution < -0.4 is 10.2 Å². The van der Waals surface area contributed by atoms with E-state index in [9.17, 15) is 14.7 Å². The van der Waals surface area contributed by atoms with E-state index in [2.05, 4.69) is 34.2 Å². The van der Waals surface area contributed by atoms with Crippen LogP contribution in [0.15, 0.2) is 18.2 Å². The van der Waals surface area contributed by atoms with Crippen LogP contribution >= 0.6 is 0 Å². The largest absolute Gasteiger partial charge is 0.393 e. The standard InChI is InChI=1S/C25H35N3O3/c1-17-15-19(26-23(30)18-3-4-18)5-10-22(17)27-13-2-11-25(16-27)12-14-28(24(25)31)20-6-8-21(29)9-7-20/h5,10,15,18,20-21,29H,2-4,6-9,11-14,16H2,1H3,(H,26,30)/t20?,21?,25-/m0/s1. The van der Waals surface area contributed by atoms with Crippen LogP contribution in [0.5, 0.6) is 0 Å². The number of hydrogen-bond donors (Lipinski definition) is 2. The lowest BCUT2D eigenvalue weighted by molar-refractivity contribution is -0.139. The number of carbonyl (C=O) groups excluding carboxylic acids is 2. The molecule has 2 N–H and O–H groups in total. The average molecular weight is 426 g/mol. The number of hydrogen-bond acceptors (Lipinski definition) is 4. The predicted molar refractivity (Wildman–Crippen MR) is 121 cm³/mol. The van der Waals surface area contributed by atoms with Crippen LogP contribution in [0.4, 0.5) is 11.4 Å². The molecule has 5 rings (SSSR count). The van der Waals surface area contributed by atoms with Gasteiger partial charge in [0.25, 0.3) is 0 Å². The van der Waals surface area contributed by atoms with Crippen LogP contribution in [0.3, 0.4) is 0 Å². The topological polar surface area (TPSA) is 72.9 Å². The Kier molecular flexibility index (Phi) is 5.45. The van der Waals surface area contributed by atoms with Crippen molar-refractivity contribution < 1.29 is 14.7 Å². The first kappa shape index (κ1) is 20.8. The van der Waals surface area contributed by atoms with E-state index >= 15 is 0 Å². The Balaban J connectivity index is 1.28. The van der Waals surface area contributed by atoms with E-state index in [0.717, 1.165) is 88.7 Å². The Morgan fingerprint density at radius 2 is 1.87 bits per heavy atom. The molecule has 0 unspecified atom stereocenters. The molecule has 6 nitrogen and oxygen atoms in total. The average Bonchev–Trinajstić information content (AvgIpc) is 3.56. The summed E-state index contributed by atoms with van der Waals surface area (Å²) in [6.45, 7) is 4.71. The summed E-state index contributed by atoms with van der Waals surface area (Å²) in [4.78, 5) is 30.2. The highest BCUT2D eigenvalue weighted by atomic mass is 16.3. The van der Waals surface area contributed by atoms with Gasteiger partial charge in [-0.25, -0.2) is 0 Å². The van der Waals surface area contributed by atoms with Crippen molar-refractivity contribution in [2.24, 2.45) is 11.3 Å². The summed E-state index contributed by atoms with van der Waals surface area (Å²) in [5, 5.41) is 12.9. The number of likely N-dealkylation sites (tertiary alicyclic amines) is 1. The van der Waals surface area contributed by atoms with E-state index in [-0.39, 0.29) is 23.3 Å². The van der Waals surface area contributed by atoms with Gasteiger partial charge in [0.15, 0.2) is 0 Å². The normalized spacial score (nSPS) is 31.4. The number of aryl methyl sites for hydroxylation is 1. The lowest BCUT2D eigenvalue weighted by atomic mass is 9.78. The second-order valence-electron chi connectivity index (χ2n) is 10.3. The van der Waals surface area contributed by atoms with Crippen LogP contribution in [-0.4, -0.2) is 53.6 Å². The van der Waals surface area contributed by atoms with Crippen molar-refractivity contribution in [3.63, 3.8) is 0 Å². The first-order chi connectivity index (χ1) is 14.9. The zero-order valence-electron chi connectivity index (χ0n) is 18.6. The Hall–Kier alpha value is -2.08. The highest BCUT2D eigenvalue weighted by molar-refractivity contribution is 5.94. The number of aliphatic hydroxyl groups excluding tert-OH is 1. The summed E-state index contributed by atoms with van der Waals surface area (Å²) in [5.41, 5.74) is 2.93. The zero-order chi connectivity index (χ0) is 21.6. The molecule has 31 heavy (non-hydrogen) atoms. The van der Waals surface area contributed by atoms with Crippen LogP contribution in [0.1, 0.15) is 63.4 Å². The first-order valence-corrected chi connectivity index (χ1v) is 12.1. The summed E-state index contributed by atoms with van der Waals surface area (Å²) in [6.07, 6.45) is 8.26. The van der Waals surface area contributed by atoms with Gasteiger partial charge in [-0.1, -0.05) is 0 Å². The molecule has 6 heteroatoms. The highest BCUT2D eigenvalue weighted by Gasteiger charge is 2.50. The second-order valence-corrected chi connectivity index (χ2v) is 10.3. The van der Waals surface area contributed by atoms with Gasteiger partial charge in [0.1, 0.15) is 0 Å². The first-order valence-electron chi connectivity index (χ1n) is 12.1. The molecule has 1 aromatic carbocycles. The van der Waals surface area contributed by atoms with Crippen LogP contribution in [0.25, 0.3) is 0 Å². The van der Waals surface area contributed by atoms with Crippen molar-refractivity contribution in [2.45, 2.75) is 76.9 Å². The smallest absolute Gasteiger partial charge is 0.230 e. The molecule has 2 aliphatic carbocycles. The molecule has 1 aromatic rings. The predicted octanol–water partition coefficient (Wildman–Crippen LogP) is 3.47. The Morgan fingerprint density at radius 1 is 1.10 bits per heavy atom. The number of piperidine rings is 1. The minimum Gasteiger partial charge on any atom is -0.393 e. The van der Waals surface area contributed by atoms with Crippen molar-refractivity contribution in [1.82, 2.24) is 4.90 Å². The number of aliphatic hydroxyl groups is 1. The minimum absolute atomic E-state index is 0.135. The van der Waals surface area contributed by atoms with Crippen LogP contribution in [0.2, 0.25) is 0 Å². The number of anilines is 2. The monoisotopic (exact) mass is 425 g/mol. The maximum atomic E-state index is 13.6. The minimum atomic E-state index is -0.264. The number of nitrogens with zero attached hydrogens (tertiary/aromatic N) is 2. The molecule has 2 saturated heterocycles. The van der Waals surface area contributed by atoms with Gasteiger partial charge in [-0.3, -0.25) is 9.59 Å². The number of benzene rings is 1. The van der Waals surface area contributed by atoms with Gasteiger partial charge in [0.2, 0.25) is 11.8 Å². The molecule has 2 aliphatic heterocycles. The second kappa shape index (κ2) is 8.12. The summed E-state index contributed by atoms with van der Waals surface area (Å²) in [7, 11) is 0. The van der Waals surface area contributed by atoms with Crippen LogP contribution in [-0.2, 0) is 9.59 Å². The molecular formula is C25H35N3O3. The van der Waals surface area contributed by atoms with Gasteiger partial charge in [0.05, 0.1) is 11.5 Å². The number of nitrogens with one attached hydrogen (secondary N) is 1. The van der Waals surface area contributed by atoms with Crippen molar-refractivity contribution in [3.8, 4) is 0 Å². The van der Waals surface area contributed by atoms with E-state index in [1.807, 2.05) is 6.07 Å². The molecule has 4 fully saturated rings. The number of amides is 2. The third kappa shape index (κ3) is 4.07. The van der Waals surface area contributed by atoms with Gasteiger partial charge in [-0.15, -0.1) is 0 Å². The molecule has 0 radical (unpaired) electrons. The molecule has 2 saturated carbocycles. The van der Waals surface area contributed by atoms with E-state index in [0.29, 0.717) is 11.9 Å². The SMILES string of the molecule is Cc1cc(NC(=O)C2CC2)ccc1N1CCC[C@]2(CCN(C3CCC(O)CC3)C2=O)C1. The fourth-order valence-electron chi connectivity index (χ4n) is 5.96. The molecule has 168 valence electrons. The number of rotatable bonds is 4. The fourth-order valence-corrected chi connectivity index (χ4v) is 5.96. The zero-order valence-corrected chi connectivity index (χ0v) is 18.6. The van der Waals surface area contributed by atoms with E-state index in [1.165, 1.54) is 5.69 Å². The van der Waals surface area contributed by atoms with E-state index in [4.69, 9.17) is 0 Å². The van der Waals surface area contributed by atoms with Gasteiger partial charge < -0.3 is 20.2 Å². The summed E-state index contributed by atoms with van der Waals surface area (Å²) >= 11 is 0. The van der Waals surface area contributed by atoms with E-state index in [1.54, 1.807) is 0 Å². The molecule has 2 heterocycles. The summed E-state index contributed by atoms with van der Waals surface area (Å²) < 4.78 is 0. The molecule has 4 aliphatic rings. The molecule has 0 aromatic heterocycles. The maximum Gasteiger partial charge on any atom is 0.230 e. The van der Waals surface area contributed by atoms with Gasteiger partial charge in [-0.05, 0) is 88.5 Å². The molecule has 0 bridgehead atoms. The van der Waals surface area contributed by atoms with Crippen molar-refractivity contribution in [2.75, 3.05) is 29.9 Å². The Morgan fingerprint density at radius 3 is 2.58 bits per heavy atom. The lowest BCUT2D eigenvalue weighted by Crippen LogP contribution is -2.50. The van der Waals surface area contributed by atoms with Crippen molar-refractivity contribution in [1.29, 1.82) is 0 Å². The van der Waals surface area contributed by atoms with Crippen molar-refractivity contribution >= 4 is 23.2 Å². The van der Waals surface area contributed by atoms with Gasteiger partial charge in [0, 0.05) is 43.0 Å². The van der Waals surface area contributed by atoms with Crippen molar-refractivity contribution in [3.05, 3.63) is 23.8 Å². The third-order valence-electron chi connectivity index (χ3n) is 7.98. The molecule has 1 spiro atoms. The molecule has 1 atom stereocenters. The van der Waals surface area contributed by atoms with Gasteiger partial charge in [-0.2, -0.15) is 0 Å². The fraction of sp³-hybridized carbons (Fsp3) is 0.680. The van der Waals surface area contributed by atoms with E-state index < -0.39 is 0 Å². The lowest BCUT2D eigenvalue weighted by Gasteiger charge is -2.42.